The summed E-state index contributed by atoms with van der Waals surface area (Å²) in [6, 6.07) is 4.73. The van der Waals surface area contributed by atoms with E-state index in [4.69, 9.17) is 42.8 Å². The third-order valence-electron chi connectivity index (χ3n) is 16.9. The summed E-state index contributed by atoms with van der Waals surface area (Å²) >= 11 is 0. The number of carbonyl (C=O) groups excluding carboxylic acids is 2. The molecular weight excluding hydrogens is 1050 g/mol. The molecule has 3 fully saturated rings. The van der Waals surface area contributed by atoms with Crippen LogP contribution in [0.5, 0.6) is 5.75 Å². The molecule has 2 saturated heterocycles. The van der Waals surface area contributed by atoms with Crippen molar-refractivity contribution in [3.05, 3.63) is 35.3 Å². The average molecular weight is 1140 g/mol. The molecule has 79 heavy (non-hydrogen) atoms. The zero-order chi connectivity index (χ0) is 59.3. The van der Waals surface area contributed by atoms with Crippen LogP contribution in [-0.4, -0.2) is 202 Å². The number of Topliss-reactive ketones (excluding diaryl/α,β-unsaturated/α-hetero) is 1. The van der Waals surface area contributed by atoms with Gasteiger partial charge < -0.3 is 68.8 Å². The number of ether oxygens (including phenoxy) is 7. The van der Waals surface area contributed by atoms with Gasteiger partial charge in [-0.2, -0.15) is 8.42 Å². The Labute approximate surface area is 467 Å². The number of methoxy groups -OCH3 is 2. The first-order valence-corrected chi connectivity index (χ1v) is 29.3. The maximum absolute atomic E-state index is 14.6. The Morgan fingerprint density at radius 3 is 2.16 bits per heavy atom. The van der Waals surface area contributed by atoms with Crippen LogP contribution < -0.4 is 20.4 Å². The van der Waals surface area contributed by atoms with Gasteiger partial charge in [0.1, 0.15) is 41.0 Å². The summed E-state index contributed by atoms with van der Waals surface area (Å²) in [5.41, 5.74) is -4.10. The quantitative estimate of drug-likeness (QED) is 0.0624. The number of fused-ring (bicyclic) bond motifs is 1. The number of aromatic carboxylic acids is 1. The number of nitrogens with zero attached hydrogens (tertiary/aromatic N) is 3. The lowest BCUT2D eigenvalue weighted by Crippen LogP contribution is -2.61. The molecule has 22 nitrogen and oxygen atoms in total. The Kier molecular flexibility index (Phi) is 22.6. The van der Waals surface area contributed by atoms with Gasteiger partial charge in [-0.3, -0.25) is 23.9 Å². The lowest BCUT2D eigenvalue weighted by atomic mass is 9.73. The Hall–Kier alpha value is -3.85. The molecule has 1 saturated carbocycles. The van der Waals surface area contributed by atoms with E-state index in [9.17, 15) is 43.2 Å². The van der Waals surface area contributed by atoms with Gasteiger partial charge in [-0.25, -0.2) is 4.79 Å². The van der Waals surface area contributed by atoms with Crippen LogP contribution in [0.1, 0.15) is 118 Å². The molecule has 23 heteroatoms. The van der Waals surface area contributed by atoms with E-state index in [0.717, 1.165) is 0 Å². The van der Waals surface area contributed by atoms with E-state index >= 15 is 0 Å². The van der Waals surface area contributed by atoms with Gasteiger partial charge in [0.2, 0.25) is 0 Å². The Morgan fingerprint density at radius 2 is 1.57 bits per heavy atom. The molecule has 0 bridgehead atoms. The van der Waals surface area contributed by atoms with Gasteiger partial charge in [0.15, 0.2) is 6.29 Å². The number of carboxylic acid groups (broad SMARTS) is 1. The van der Waals surface area contributed by atoms with Crippen LogP contribution >= 0.6 is 0 Å². The third kappa shape index (κ3) is 15.2. The molecule has 0 amide bonds. The first-order chi connectivity index (χ1) is 36.8. The summed E-state index contributed by atoms with van der Waals surface area (Å²) in [7, 11) is 6.09. The van der Waals surface area contributed by atoms with Crippen molar-refractivity contribution in [2.45, 2.75) is 186 Å². The number of aromatic nitrogens is 1. The molecule has 18 atom stereocenters. The fourth-order valence-electron chi connectivity index (χ4n) is 12.1. The Balaban J connectivity index is 1.34. The van der Waals surface area contributed by atoms with Crippen LogP contribution in [0.15, 0.2) is 24.4 Å². The van der Waals surface area contributed by atoms with Crippen molar-refractivity contribution in [3.63, 3.8) is 0 Å². The van der Waals surface area contributed by atoms with E-state index in [1.807, 2.05) is 39.8 Å². The van der Waals surface area contributed by atoms with Crippen molar-refractivity contribution in [2.24, 2.45) is 29.6 Å². The van der Waals surface area contributed by atoms with E-state index in [1.54, 1.807) is 76.6 Å². The summed E-state index contributed by atoms with van der Waals surface area (Å²) < 4.78 is 80.0. The highest BCUT2D eigenvalue weighted by Crippen LogP contribution is 2.44. The molecule has 3 aliphatic rings. The zero-order valence-corrected chi connectivity index (χ0v) is 50.2. The molecule has 6 N–H and O–H groups in total. The van der Waals surface area contributed by atoms with Crippen molar-refractivity contribution < 1.29 is 80.6 Å². The van der Waals surface area contributed by atoms with E-state index < -0.39 is 117 Å². The monoisotopic (exact) mass is 1140 g/mol. The number of benzene rings is 1. The maximum atomic E-state index is 14.6. The van der Waals surface area contributed by atoms with Gasteiger partial charge in [0.25, 0.3) is 10.1 Å². The number of aliphatic hydroxyl groups excluding tert-OH is 2. The number of esters is 1. The number of cyclic esters (lactones) is 1. The molecule has 1 aromatic heterocycles. The van der Waals surface area contributed by atoms with E-state index in [0.29, 0.717) is 36.0 Å². The molecule has 1 aromatic carbocycles. The fraction of sp³-hybridized carbons (Fsp3) is 0.786. The number of carboxylic acids is 1. The molecule has 2 aromatic rings. The van der Waals surface area contributed by atoms with E-state index in [2.05, 4.69) is 5.32 Å². The number of aliphatic hydroxyl groups is 3. The first kappa shape index (κ1) is 66.0. The van der Waals surface area contributed by atoms with Crippen LogP contribution in [0.2, 0.25) is 0 Å². The highest BCUT2D eigenvalue weighted by Gasteiger charge is 2.54. The highest BCUT2D eigenvalue weighted by atomic mass is 32.2. The van der Waals surface area contributed by atoms with Gasteiger partial charge in [-0.15, -0.1) is 0 Å². The molecule has 1 aliphatic carbocycles. The normalized spacial score (nSPS) is 36.4. The molecule has 450 valence electrons. The Bertz CT molecular complexity index is 2570. The molecule has 3 heterocycles. The predicted molar refractivity (Wildman–Crippen MR) is 295 cm³/mol. The molecule has 0 spiro atoms. The first-order valence-electron chi connectivity index (χ1n) is 27.7. The van der Waals surface area contributed by atoms with Gasteiger partial charge in [0.05, 0.1) is 70.9 Å². The second kappa shape index (κ2) is 27.0. The summed E-state index contributed by atoms with van der Waals surface area (Å²) in [5.74, 6) is -6.23. The number of rotatable bonds is 20. The minimum atomic E-state index is -4.12. The second-order valence-corrected chi connectivity index (χ2v) is 25.3. The van der Waals surface area contributed by atoms with Gasteiger partial charge >= 0.3 is 11.9 Å². The molecule has 5 rings (SSSR count). The van der Waals surface area contributed by atoms with Crippen molar-refractivity contribution in [3.8, 4) is 5.75 Å². The summed E-state index contributed by atoms with van der Waals surface area (Å²) in [5, 5.41) is 58.6. The number of nitrogens with one attached hydrogen (secondary N) is 2. The fourth-order valence-corrected chi connectivity index (χ4v) is 13.3. The standard InChI is InChI=1S/C56H93N5O17S/c1-17-43-56(10,68)48(64)34(5)45(62)32(3)28-54(8,71-15)50(77-53-46(63)42(59(11)12)26-33(4)74-53)35(6)47(36(7)52(67)76-43)75-38-25-31(2)49(55(9,29-38)72-16)78-79(69,70)24-22-58-21-18-23-73-37-19-20-39-41(27-37)61(60(13)14)30-40(44(39)57)51(65)66/h19-20,27,30-36,38,42-43,46-50,53,57-58,63-64,68H,17-18,21-26,28-29H2,1-16H3,(H,65,66)/t31-,32-,33-,34+,35+,36-,38-,42+,43-,46-,47+,48-,49+,50-,53+,54-,55-,56-/m1/s1. The summed E-state index contributed by atoms with van der Waals surface area (Å²) in [6.07, 6.45) is -6.05. The third-order valence-corrected chi connectivity index (χ3v) is 18.1. The van der Waals surface area contributed by atoms with E-state index in [-0.39, 0.29) is 73.4 Å². The SMILES string of the molecule is CC[C@H]1OC(=O)[C@H](C)[C@@H](O[C@@H]2C[C@@H](C)[C@H](OS(=O)(=O)CCNCCCOc3ccc4c(=N)c(C(=O)O)cn(N(C)C)c4c3)[C@](C)(OC)C2)[C@H](C)[C@@H](O[C@@H]2O[C@H](C)C[C@H](N(C)C)[C@H]2O)[C@](C)(OC)C[C@@H](C)C(=O)[C@H](C)[C@@H](O)[C@]1(C)O. The summed E-state index contributed by atoms with van der Waals surface area (Å²) in [6.45, 7) is 17.9. The number of likely N-dealkylation sites (N-methyl/N-ethyl adjacent to an activating group) is 1. The molecule has 0 unspecified atom stereocenters. The largest absolute Gasteiger partial charge is 0.493 e. The number of hydrogen-bond acceptors (Lipinski definition) is 20. The number of carbonyl (C=O) groups is 3. The lowest BCUT2D eigenvalue weighted by molar-refractivity contribution is -0.304. The minimum absolute atomic E-state index is 0.0629. The number of ketones is 1. The predicted octanol–water partition coefficient (Wildman–Crippen LogP) is 3.85. The Morgan fingerprint density at radius 1 is 0.924 bits per heavy atom. The van der Waals surface area contributed by atoms with Crippen LogP contribution in [0, 0.1) is 35.0 Å². The van der Waals surface area contributed by atoms with Gasteiger partial charge in [-0.05, 0) is 105 Å². The zero-order valence-electron chi connectivity index (χ0n) is 49.4. The second-order valence-electron chi connectivity index (χ2n) is 23.6. The van der Waals surface area contributed by atoms with Crippen molar-refractivity contribution in [1.82, 2.24) is 14.9 Å². The average Bonchev–Trinajstić information content (AvgIpc) is 3.45. The van der Waals surface area contributed by atoms with Gasteiger partial charge in [0, 0.05) is 82.7 Å². The molecular formula is C56H93N5O17S. The lowest BCUT2D eigenvalue weighted by Gasteiger charge is -2.50. The van der Waals surface area contributed by atoms with Crippen molar-refractivity contribution in [1.29, 1.82) is 5.41 Å². The smallest absolute Gasteiger partial charge is 0.339 e. The van der Waals surface area contributed by atoms with Crippen LogP contribution in [0.4, 0.5) is 0 Å². The van der Waals surface area contributed by atoms with Crippen LogP contribution in [-0.2, 0) is 52.3 Å². The number of pyridine rings is 1. The van der Waals surface area contributed by atoms with Crippen LogP contribution in [0.3, 0.4) is 0 Å². The number of hydrogen-bond donors (Lipinski definition) is 6. The van der Waals surface area contributed by atoms with Crippen molar-refractivity contribution in [2.75, 3.05) is 72.9 Å². The van der Waals surface area contributed by atoms with Crippen LogP contribution in [0.25, 0.3) is 10.9 Å². The molecule has 0 radical (unpaired) electrons. The minimum Gasteiger partial charge on any atom is -0.493 e. The van der Waals surface area contributed by atoms with Gasteiger partial charge in [-0.1, -0.05) is 34.6 Å². The molecule has 2 aliphatic heterocycles. The highest BCUT2D eigenvalue weighted by molar-refractivity contribution is 7.86. The van der Waals surface area contributed by atoms with E-state index in [1.165, 1.54) is 34.3 Å². The summed E-state index contributed by atoms with van der Waals surface area (Å²) in [4.78, 5) is 42.5. The maximum Gasteiger partial charge on any atom is 0.339 e. The topological polar surface area (TPSA) is 287 Å². The van der Waals surface area contributed by atoms with Crippen molar-refractivity contribution >= 4 is 38.7 Å².